The second-order valence-corrected chi connectivity index (χ2v) is 16.9. The van der Waals surface area contributed by atoms with Gasteiger partial charge in [-0.3, -0.25) is 19.4 Å². The van der Waals surface area contributed by atoms with Crippen LogP contribution in [0.15, 0.2) is 65.1 Å². The first kappa shape index (κ1) is 38.7. The normalized spacial score (nSPS) is 29.3. The largest absolute Gasteiger partial charge is 0.490 e. The Morgan fingerprint density at radius 1 is 0.571 bits per heavy atom. The molecule has 2 aliphatic carbocycles. The van der Waals surface area contributed by atoms with Gasteiger partial charge in [-0.2, -0.15) is 13.2 Å². The number of carboxylic acid groups (broad SMARTS) is 1. The number of fused-ring (bicyclic) bond motifs is 10. The highest BCUT2D eigenvalue weighted by atomic mass is 19.4. The maximum absolute atomic E-state index is 13.1. The molecule has 6 aliphatic rings. The first-order valence-corrected chi connectivity index (χ1v) is 20.7. The molecule has 1 aromatic heterocycles. The zero-order valence-electron chi connectivity index (χ0n) is 31.8. The van der Waals surface area contributed by atoms with Gasteiger partial charge in [-0.15, -0.1) is 0 Å². The molecule has 9 nitrogen and oxygen atoms in total. The van der Waals surface area contributed by atoms with E-state index in [0.717, 1.165) is 63.2 Å². The van der Waals surface area contributed by atoms with E-state index < -0.39 is 12.1 Å². The maximum Gasteiger partial charge on any atom is 0.490 e. The highest BCUT2D eigenvalue weighted by Crippen LogP contribution is 2.54. The second kappa shape index (κ2) is 16.4. The third kappa shape index (κ3) is 8.14. The van der Waals surface area contributed by atoms with Crippen molar-refractivity contribution in [2.24, 2.45) is 11.8 Å². The summed E-state index contributed by atoms with van der Waals surface area (Å²) in [6.07, 6.45) is 11.3. The lowest BCUT2D eigenvalue weighted by atomic mass is 9.84. The molecule has 2 saturated carbocycles. The smallest absolute Gasteiger partial charge is 0.475 e. The van der Waals surface area contributed by atoms with E-state index in [1.165, 1.54) is 51.6 Å². The van der Waals surface area contributed by atoms with E-state index in [1.54, 1.807) is 34.4 Å². The molecule has 5 heterocycles. The van der Waals surface area contributed by atoms with Crippen molar-refractivity contribution in [2.45, 2.75) is 132 Å². The van der Waals surface area contributed by atoms with Gasteiger partial charge in [-0.1, -0.05) is 48.5 Å². The molecule has 12 heteroatoms. The number of halogens is 3. The molecule has 4 atom stereocenters. The molecule has 0 unspecified atom stereocenters. The monoisotopic (exact) mass is 774 g/mol. The van der Waals surface area contributed by atoms with Crippen LogP contribution in [-0.2, 0) is 4.79 Å². The molecular formula is C44H53F3N4O5. The van der Waals surface area contributed by atoms with Crippen LogP contribution < -0.4 is 10.6 Å². The molecule has 9 rings (SSSR count). The first-order chi connectivity index (χ1) is 27.0. The highest BCUT2D eigenvalue weighted by Gasteiger charge is 2.44. The Morgan fingerprint density at radius 2 is 0.893 bits per heavy atom. The van der Waals surface area contributed by atoms with Crippen molar-refractivity contribution in [3.8, 4) is 0 Å². The van der Waals surface area contributed by atoms with E-state index >= 15 is 0 Å². The fraction of sp³-hybridized carbons (Fsp3) is 0.568. The van der Waals surface area contributed by atoms with Crippen LogP contribution >= 0.6 is 0 Å². The van der Waals surface area contributed by atoms with Gasteiger partial charge >= 0.3 is 12.1 Å². The number of amides is 2. The van der Waals surface area contributed by atoms with E-state index in [2.05, 4.69) is 69.0 Å². The second-order valence-electron chi connectivity index (χ2n) is 16.9. The van der Waals surface area contributed by atoms with Crippen LogP contribution in [0.3, 0.4) is 0 Å². The topological polar surface area (TPSA) is 115 Å². The van der Waals surface area contributed by atoms with Crippen LogP contribution in [0.4, 0.5) is 13.2 Å². The standard InChI is InChI=1S/C42H52N4O3.C2HF3O2/c47-41(43-29-13-9-27(10-14-29)23-25-45-35-17-18-36(45)32-6-2-1-5-31(32)35)39-21-22-40(49-39)42(48)44-30-15-11-28(12-16-30)24-26-46-37-19-20-38(46)34-8-4-3-7-33(34)37;3-2(4,5)1(6)7/h1-8,21-22,27-30,35-38H,9-20,23-26H2,(H,43,47)(H,44,48);(H,6,7)/t27-,28-,29-,30-,35-,36+,37-,38+;. The molecule has 0 spiro atoms. The average molecular weight is 775 g/mol. The Hall–Kier alpha value is -4.16. The van der Waals surface area contributed by atoms with E-state index in [0.29, 0.717) is 24.2 Å². The lowest BCUT2D eigenvalue weighted by molar-refractivity contribution is -0.192. The molecule has 4 bridgehead atoms. The van der Waals surface area contributed by atoms with Crippen LogP contribution in [0.1, 0.15) is 157 Å². The van der Waals surface area contributed by atoms with Crippen LogP contribution in [-0.4, -0.2) is 64.0 Å². The summed E-state index contributed by atoms with van der Waals surface area (Å²) in [5, 5.41) is 13.5. The Labute approximate surface area is 326 Å². The highest BCUT2D eigenvalue weighted by molar-refractivity contribution is 5.95. The third-order valence-electron chi connectivity index (χ3n) is 13.7. The number of aliphatic carboxylic acids is 1. The third-order valence-corrected chi connectivity index (χ3v) is 13.7. The number of carbonyl (C=O) groups excluding carboxylic acids is 2. The van der Waals surface area contributed by atoms with E-state index in [9.17, 15) is 22.8 Å². The van der Waals surface area contributed by atoms with Crippen molar-refractivity contribution >= 4 is 17.8 Å². The van der Waals surface area contributed by atoms with Crippen molar-refractivity contribution in [1.82, 2.24) is 20.4 Å². The Kier molecular flexibility index (Phi) is 11.3. The molecule has 300 valence electrons. The summed E-state index contributed by atoms with van der Waals surface area (Å²) in [7, 11) is 0. The molecule has 56 heavy (non-hydrogen) atoms. The summed E-state index contributed by atoms with van der Waals surface area (Å²) in [5.41, 5.74) is 6.25. The zero-order valence-corrected chi connectivity index (χ0v) is 31.8. The molecule has 2 amide bonds. The predicted octanol–water partition coefficient (Wildman–Crippen LogP) is 9.05. The van der Waals surface area contributed by atoms with Crippen molar-refractivity contribution in [1.29, 1.82) is 0 Å². The van der Waals surface area contributed by atoms with Crippen molar-refractivity contribution < 1.29 is 37.1 Å². The number of hydrogen-bond donors (Lipinski definition) is 3. The Morgan fingerprint density at radius 3 is 1.20 bits per heavy atom. The SMILES string of the molecule is O=C(N[C@H]1CC[C@H](CCN2[C@@H]3CC[C@H]2c2ccccc23)CC1)c1ccc(C(=O)N[C@H]2CC[C@H](CCN3[C@@H]4CC[C@H]3c3ccccc34)CC2)o1.O=C(O)C(F)(F)F. The van der Waals surface area contributed by atoms with Gasteiger partial charge in [-0.25, -0.2) is 4.79 Å². The molecule has 2 aromatic carbocycles. The number of benzene rings is 2. The quantitative estimate of drug-likeness (QED) is 0.188. The summed E-state index contributed by atoms with van der Waals surface area (Å²) >= 11 is 0. The number of carboxylic acids is 1. The molecular weight excluding hydrogens is 722 g/mol. The molecule has 3 aromatic rings. The Balaban J connectivity index is 0.000000579. The zero-order chi connectivity index (χ0) is 39.0. The summed E-state index contributed by atoms with van der Waals surface area (Å²) < 4.78 is 37.5. The van der Waals surface area contributed by atoms with Gasteiger partial charge in [0.25, 0.3) is 11.8 Å². The van der Waals surface area contributed by atoms with E-state index in [1.807, 2.05) is 0 Å². The fourth-order valence-corrected chi connectivity index (χ4v) is 10.9. The molecule has 4 fully saturated rings. The molecule has 4 aliphatic heterocycles. The van der Waals surface area contributed by atoms with Crippen molar-refractivity contribution in [3.63, 3.8) is 0 Å². The van der Waals surface area contributed by atoms with Crippen LogP contribution in [0.5, 0.6) is 0 Å². The minimum atomic E-state index is -5.08. The maximum atomic E-state index is 13.1. The van der Waals surface area contributed by atoms with Crippen molar-refractivity contribution in [2.75, 3.05) is 13.1 Å². The lowest BCUT2D eigenvalue weighted by Crippen LogP contribution is -2.38. The Bertz CT molecular complexity index is 1700. The van der Waals surface area contributed by atoms with Gasteiger partial charge in [0.2, 0.25) is 0 Å². The summed E-state index contributed by atoms with van der Waals surface area (Å²) in [4.78, 5) is 40.5. The number of nitrogens with one attached hydrogen (secondary N) is 2. The molecule has 3 N–H and O–H groups in total. The number of carbonyl (C=O) groups is 3. The summed E-state index contributed by atoms with van der Waals surface area (Å²) in [6.45, 7) is 2.36. The van der Waals surface area contributed by atoms with Crippen LogP contribution in [0, 0.1) is 11.8 Å². The molecule has 2 saturated heterocycles. The number of rotatable bonds is 10. The van der Waals surface area contributed by atoms with Gasteiger partial charge in [0.1, 0.15) is 0 Å². The van der Waals surface area contributed by atoms with Gasteiger partial charge in [0, 0.05) is 36.3 Å². The minimum Gasteiger partial charge on any atom is -0.475 e. The number of nitrogens with zero attached hydrogens (tertiary/aromatic N) is 2. The number of furan rings is 1. The summed E-state index contributed by atoms with van der Waals surface area (Å²) in [5.74, 6) is -1.25. The van der Waals surface area contributed by atoms with Gasteiger partial charge in [-0.05, 0) is 149 Å². The lowest BCUT2D eigenvalue weighted by Gasteiger charge is -2.31. The number of alkyl halides is 3. The minimum absolute atomic E-state index is 0.171. The van der Waals surface area contributed by atoms with Crippen molar-refractivity contribution in [3.05, 3.63) is 94.4 Å². The van der Waals surface area contributed by atoms with Crippen LogP contribution in [0.2, 0.25) is 0 Å². The number of hydrogen-bond acceptors (Lipinski definition) is 6. The van der Waals surface area contributed by atoms with Gasteiger partial charge in [0.05, 0.1) is 0 Å². The van der Waals surface area contributed by atoms with Crippen LogP contribution in [0.25, 0.3) is 0 Å². The average Bonchev–Trinajstić information content (AvgIpc) is 4.04. The molecule has 0 radical (unpaired) electrons. The predicted molar refractivity (Wildman–Crippen MR) is 204 cm³/mol. The van der Waals surface area contributed by atoms with E-state index in [4.69, 9.17) is 14.3 Å². The fourth-order valence-electron chi connectivity index (χ4n) is 10.9. The van der Waals surface area contributed by atoms with E-state index in [-0.39, 0.29) is 35.4 Å². The summed E-state index contributed by atoms with van der Waals surface area (Å²) in [6, 6.07) is 24.2. The van der Waals surface area contributed by atoms with Gasteiger partial charge in [0.15, 0.2) is 11.5 Å². The first-order valence-electron chi connectivity index (χ1n) is 20.7. The van der Waals surface area contributed by atoms with Gasteiger partial charge < -0.3 is 20.2 Å².